The zero-order valence-corrected chi connectivity index (χ0v) is 11.1. The molecule has 0 saturated heterocycles. The first-order chi connectivity index (χ1) is 8.13. The van der Waals surface area contributed by atoms with Gasteiger partial charge in [0.2, 0.25) is 5.91 Å². The topological polar surface area (TPSA) is 44.1 Å². The minimum Gasteiger partial charge on any atom is -0.344 e. The SMILES string of the molecule is CN(CCC#N)C(=O)CSc1ccc(Cl)cc1. The Morgan fingerprint density at radius 3 is 2.71 bits per heavy atom. The number of nitrogens with zero attached hydrogens (tertiary/aromatic N) is 2. The molecule has 0 spiro atoms. The maximum Gasteiger partial charge on any atom is 0.232 e. The highest BCUT2D eigenvalue weighted by Gasteiger charge is 2.08. The van der Waals surface area contributed by atoms with Crippen LogP contribution in [0.1, 0.15) is 6.42 Å². The van der Waals surface area contributed by atoms with Crippen molar-refractivity contribution < 1.29 is 4.79 Å². The second-order valence-corrected chi connectivity index (χ2v) is 4.95. The summed E-state index contributed by atoms with van der Waals surface area (Å²) in [4.78, 5) is 14.2. The summed E-state index contributed by atoms with van der Waals surface area (Å²) in [5, 5.41) is 9.11. The van der Waals surface area contributed by atoms with Crippen molar-refractivity contribution in [2.24, 2.45) is 0 Å². The summed E-state index contributed by atoms with van der Waals surface area (Å²) in [7, 11) is 1.71. The number of hydrogen-bond donors (Lipinski definition) is 0. The van der Waals surface area contributed by atoms with E-state index in [1.807, 2.05) is 18.2 Å². The maximum atomic E-state index is 11.7. The molecule has 0 atom stereocenters. The molecule has 1 aromatic carbocycles. The molecule has 0 aliphatic rings. The second-order valence-electron chi connectivity index (χ2n) is 3.47. The lowest BCUT2D eigenvalue weighted by Crippen LogP contribution is -2.29. The minimum absolute atomic E-state index is 0.0280. The van der Waals surface area contributed by atoms with Gasteiger partial charge in [-0.25, -0.2) is 0 Å². The fourth-order valence-corrected chi connectivity index (χ4v) is 2.09. The third kappa shape index (κ3) is 5.12. The predicted octanol–water partition coefficient (Wildman–Crippen LogP) is 2.80. The average Bonchev–Trinajstić information content (AvgIpc) is 2.34. The molecule has 1 aromatic rings. The number of nitriles is 1. The van der Waals surface area contributed by atoms with Crippen LogP contribution in [-0.2, 0) is 4.79 Å². The molecule has 0 unspecified atom stereocenters. The van der Waals surface area contributed by atoms with Crippen molar-refractivity contribution in [3.05, 3.63) is 29.3 Å². The van der Waals surface area contributed by atoms with Gasteiger partial charge in [0, 0.05) is 23.5 Å². The van der Waals surface area contributed by atoms with Crippen molar-refractivity contribution in [1.82, 2.24) is 4.90 Å². The van der Waals surface area contributed by atoms with Gasteiger partial charge < -0.3 is 4.90 Å². The smallest absolute Gasteiger partial charge is 0.232 e. The Morgan fingerprint density at radius 1 is 1.47 bits per heavy atom. The Bertz CT molecular complexity index is 414. The Balaban J connectivity index is 2.37. The van der Waals surface area contributed by atoms with Crippen LogP contribution in [0.5, 0.6) is 0 Å². The number of carbonyl (C=O) groups is 1. The van der Waals surface area contributed by atoms with Crippen LogP contribution in [0.25, 0.3) is 0 Å². The molecule has 0 radical (unpaired) electrons. The summed E-state index contributed by atoms with van der Waals surface area (Å²) in [5.41, 5.74) is 0. The van der Waals surface area contributed by atoms with E-state index in [0.717, 1.165) is 4.90 Å². The van der Waals surface area contributed by atoms with Gasteiger partial charge in [-0.05, 0) is 24.3 Å². The average molecular weight is 269 g/mol. The van der Waals surface area contributed by atoms with Crippen LogP contribution in [0, 0.1) is 11.3 Å². The molecule has 0 N–H and O–H groups in total. The van der Waals surface area contributed by atoms with Gasteiger partial charge in [0.15, 0.2) is 0 Å². The van der Waals surface area contributed by atoms with Gasteiger partial charge in [-0.15, -0.1) is 11.8 Å². The van der Waals surface area contributed by atoms with Crippen LogP contribution < -0.4 is 0 Å². The summed E-state index contributed by atoms with van der Waals surface area (Å²) >= 11 is 7.23. The van der Waals surface area contributed by atoms with Crippen LogP contribution in [0.15, 0.2) is 29.2 Å². The fraction of sp³-hybridized carbons (Fsp3) is 0.333. The Hall–Kier alpha value is -1.18. The van der Waals surface area contributed by atoms with E-state index >= 15 is 0 Å². The first kappa shape index (κ1) is 13.9. The molecule has 0 aliphatic heterocycles. The first-order valence-corrected chi connectivity index (χ1v) is 6.49. The summed E-state index contributed by atoms with van der Waals surface area (Å²) < 4.78 is 0. The van der Waals surface area contributed by atoms with E-state index in [2.05, 4.69) is 0 Å². The monoisotopic (exact) mass is 268 g/mol. The zero-order valence-electron chi connectivity index (χ0n) is 9.52. The van der Waals surface area contributed by atoms with Gasteiger partial charge in [0.1, 0.15) is 0 Å². The Kier molecular flexibility index (Phi) is 5.88. The second kappa shape index (κ2) is 7.21. The van der Waals surface area contributed by atoms with Crippen LogP contribution in [0.4, 0.5) is 0 Å². The molecule has 17 heavy (non-hydrogen) atoms. The summed E-state index contributed by atoms with van der Waals surface area (Å²) in [5.74, 6) is 0.406. The Morgan fingerprint density at radius 2 is 2.12 bits per heavy atom. The van der Waals surface area contributed by atoms with E-state index in [1.165, 1.54) is 11.8 Å². The van der Waals surface area contributed by atoms with Crippen molar-refractivity contribution in [3.63, 3.8) is 0 Å². The Labute approximate surface area is 110 Å². The minimum atomic E-state index is 0.0280. The van der Waals surface area contributed by atoms with E-state index in [0.29, 0.717) is 23.7 Å². The van der Waals surface area contributed by atoms with E-state index in [-0.39, 0.29) is 5.91 Å². The molecule has 3 nitrogen and oxygen atoms in total. The van der Waals surface area contributed by atoms with Crippen LogP contribution in [-0.4, -0.2) is 30.2 Å². The lowest BCUT2D eigenvalue weighted by Gasteiger charge is -2.14. The molecule has 0 bridgehead atoms. The van der Waals surface area contributed by atoms with E-state index in [4.69, 9.17) is 16.9 Å². The van der Waals surface area contributed by atoms with E-state index in [9.17, 15) is 4.79 Å². The maximum absolute atomic E-state index is 11.7. The third-order valence-corrected chi connectivity index (χ3v) is 3.41. The lowest BCUT2D eigenvalue weighted by atomic mass is 10.4. The van der Waals surface area contributed by atoms with Crippen LogP contribution in [0.3, 0.4) is 0 Å². The largest absolute Gasteiger partial charge is 0.344 e. The van der Waals surface area contributed by atoms with Gasteiger partial charge in [0.05, 0.1) is 18.2 Å². The molecule has 0 aromatic heterocycles. The number of amides is 1. The van der Waals surface area contributed by atoms with Crippen molar-refractivity contribution in [2.75, 3.05) is 19.3 Å². The zero-order chi connectivity index (χ0) is 12.7. The number of rotatable bonds is 5. The highest BCUT2D eigenvalue weighted by molar-refractivity contribution is 8.00. The number of thioether (sulfide) groups is 1. The highest BCUT2D eigenvalue weighted by atomic mass is 35.5. The van der Waals surface area contributed by atoms with Gasteiger partial charge in [-0.3, -0.25) is 4.79 Å². The number of benzene rings is 1. The van der Waals surface area contributed by atoms with Gasteiger partial charge in [0.25, 0.3) is 0 Å². The standard InChI is InChI=1S/C12H13ClN2OS/c1-15(8-2-7-14)12(16)9-17-11-5-3-10(13)4-6-11/h3-6H,2,8-9H2,1H3. The first-order valence-electron chi connectivity index (χ1n) is 5.13. The molecule has 0 fully saturated rings. The molecule has 1 rings (SSSR count). The van der Waals surface area contributed by atoms with Crippen molar-refractivity contribution in [3.8, 4) is 6.07 Å². The molecule has 90 valence electrons. The number of carbonyl (C=O) groups excluding carboxylic acids is 1. The van der Waals surface area contributed by atoms with Crippen molar-refractivity contribution in [2.45, 2.75) is 11.3 Å². The molecular formula is C12H13ClN2OS. The van der Waals surface area contributed by atoms with Crippen molar-refractivity contribution >= 4 is 29.3 Å². The lowest BCUT2D eigenvalue weighted by molar-refractivity contribution is -0.127. The van der Waals surface area contributed by atoms with Gasteiger partial charge in [-0.2, -0.15) is 5.26 Å². The van der Waals surface area contributed by atoms with Crippen LogP contribution in [0.2, 0.25) is 5.02 Å². The molecule has 0 saturated carbocycles. The quantitative estimate of drug-likeness (QED) is 0.772. The van der Waals surface area contributed by atoms with Gasteiger partial charge in [-0.1, -0.05) is 11.6 Å². The normalized spacial score (nSPS) is 9.71. The van der Waals surface area contributed by atoms with Gasteiger partial charge >= 0.3 is 0 Å². The summed E-state index contributed by atoms with van der Waals surface area (Å²) in [6.45, 7) is 0.483. The third-order valence-electron chi connectivity index (χ3n) is 2.16. The number of halogens is 1. The summed E-state index contributed by atoms with van der Waals surface area (Å²) in [6, 6.07) is 9.39. The predicted molar refractivity (Wildman–Crippen MR) is 70.0 cm³/mol. The fourth-order valence-electron chi connectivity index (χ4n) is 1.13. The molecular weight excluding hydrogens is 256 g/mol. The highest BCUT2D eigenvalue weighted by Crippen LogP contribution is 2.20. The van der Waals surface area contributed by atoms with Crippen LogP contribution >= 0.6 is 23.4 Å². The summed E-state index contributed by atoms with van der Waals surface area (Å²) in [6.07, 6.45) is 0.369. The van der Waals surface area contributed by atoms with E-state index in [1.54, 1.807) is 24.1 Å². The molecule has 0 heterocycles. The number of hydrogen-bond acceptors (Lipinski definition) is 3. The van der Waals surface area contributed by atoms with E-state index < -0.39 is 0 Å². The molecule has 5 heteroatoms. The van der Waals surface area contributed by atoms with Crippen molar-refractivity contribution in [1.29, 1.82) is 5.26 Å². The molecule has 0 aliphatic carbocycles. The molecule has 1 amide bonds.